The highest BCUT2D eigenvalue weighted by Crippen LogP contribution is 2.28. The van der Waals surface area contributed by atoms with Crippen molar-refractivity contribution in [1.82, 2.24) is 10.3 Å². The molecule has 1 fully saturated rings. The molecule has 1 amide bonds. The Kier molecular flexibility index (Phi) is 9.48. The molecule has 1 aliphatic rings. The summed E-state index contributed by atoms with van der Waals surface area (Å²) >= 11 is 0. The highest BCUT2D eigenvalue weighted by molar-refractivity contribution is 5.95. The Hall–Kier alpha value is -4.17. The third-order valence-electron chi connectivity index (χ3n) is 6.62. The minimum absolute atomic E-state index is 0.220. The van der Waals surface area contributed by atoms with E-state index in [1.54, 1.807) is 18.2 Å². The van der Waals surface area contributed by atoms with Gasteiger partial charge in [0.25, 0.3) is 5.91 Å². The number of hydrogen-bond donors (Lipinski definition) is 1. The number of nitrogens with one attached hydrogen (secondary N) is 1. The summed E-state index contributed by atoms with van der Waals surface area (Å²) in [6.07, 6.45) is 4.22. The number of benzene rings is 3. The second-order valence-electron chi connectivity index (χ2n) is 9.27. The quantitative estimate of drug-likeness (QED) is 0.185. The van der Waals surface area contributed by atoms with Gasteiger partial charge in [-0.15, -0.1) is 0 Å². The molecule has 1 saturated heterocycles. The number of hydrazone groups is 1. The number of nitrogens with zero attached hydrogens (tertiary/aromatic N) is 2. The first kappa shape index (κ1) is 26.9. The number of carbonyl (C=O) groups is 2. The van der Waals surface area contributed by atoms with Crippen molar-refractivity contribution in [3.05, 3.63) is 95.1 Å². The van der Waals surface area contributed by atoms with E-state index in [0.29, 0.717) is 16.9 Å². The van der Waals surface area contributed by atoms with Gasteiger partial charge in [-0.2, -0.15) is 5.10 Å². The number of amides is 1. The third-order valence-corrected chi connectivity index (χ3v) is 6.62. The van der Waals surface area contributed by atoms with E-state index in [1.165, 1.54) is 44.4 Å². The molecule has 0 radical (unpaired) electrons. The number of piperidine rings is 1. The van der Waals surface area contributed by atoms with Crippen LogP contribution in [0.4, 0.5) is 4.79 Å². The molecule has 0 saturated carbocycles. The summed E-state index contributed by atoms with van der Waals surface area (Å²) in [4.78, 5) is 26.3. The van der Waals surface area contributed by atoms with Crippen molar-refractivity contribution in [2.45, 2.75) is 25.8 Å². The molecule has 1 aliphatic heterocycles. The molecule has 1 heterocycles. The van der Waals surface area contributed by atoms with Crippen molar-refractivity contribution in [3.63, 3.8) is 0 Å². The van der Waals surface area contributed by atoms with Gasteiger partial charge >= 0.3 is 6.16 Å². The molecule has 38 heavy (non-hydrogen) atoms. The second-order valence-corrected chi connectivity index (χ2v) is 9.27. The molecule has 0 aromatic heterocycles. The van der Waals surface area contributed by atoms with Gasteiger partial charge in [0.2, 0.25) is 0 Å². The van der Waals surface area contributed by atoms with Crippen LogP contribution in [0.25, 0.3) is 0 Å². The summed E-state index contributed by atoms with van der Waals surface area (Å²) in [7, 11) is 2.68. The van der Waals surface area contributed by atoms with Crippen molar-refractivity contribution >= 4 is 18.3 Å². The summed E-state index contributed by atoms with van der Waals surface area (Å²) in [5.41, 5.74) is 6.34. The molecule has 8 heteroatoms. The van der Waals surface area contributed by atoms with Gasteiger partial charge < -0.3 is 14.2 Å². The van der Waals surface area contributed by atoms with Gasteiger partial charge in [0, 0.05) is 12.1 Å². The van der Waals surface area contributed by atoms with Gasteiger partial charge in [0.15, 0.2) is 11.5 Å². The monoisotopic (exact) mass is 515 g/mol. The smallest absolute Gasteiger partial charge is 0.493 e. The largest absolute Gasteiger partial charge is 0.513 e. The predicted molar refractivity (Wildman–Crippen MR) is 146 cm³/mol. The van der Waals surface area contributed by atoms with E-state index in [0.717, 1.165) is 32.0 Å². The van der Waals surface area contributed by atoms with Crippen LogP contribution >= 0.6 is 0 Å². The molecule has 0 atom stereocenters. The highest BCUT2D eigenvalue weighted by Gasteiger charge is 2.19. The van der Waals surface area contributed by atoms with Gasteiger partial charge in [-0.1, -0.05) is 42.5 Å². The number of rotatable bonds is 9. The summed E-state index contributed by atoms with van der Waals surface area (Å²) in [6.45, 7) is 3.07. The van der Waals surface area contributed by atoms with Crippen molar-refractivity contribution in [1.29, 1.82) is 0 Å². The van der Waals surface area contributed by atoms with Crippen LogP contribution in [-0.2, 0) is 17.7 Å². The zero-order chi connectivity index (χ0) is 26.7. The molecule has 0 spiro atoms. The van der Waals surface area contributed by atoms with Gasteiger partial charge in [0.1, 0.15) is 0 Å². The van der Waals surface area contributed by atoms with Gasteiger partial charge in [0.05, 0.1) is 20.4 Å². The highest BCUT2D eigenvalue weighted by atomic mass is 16.7. The fourth-order valence-electron chi connectivity index (χ4n) is 4.53. The lowest BCUT2D eigenvalue weighted by molar-refractivity contribution is 0.0954. The molecule has 0 bridgehead atoms. The zero-order valence-corrected chi connectivity index (χ0v) is 21.8. The maximum Gasteiger partial charge on any atom is 0.513 e. The molecule has 3 aromatic carbocycles. The molecule has 0 aliphatic carbocycles. The van der Waals surface area contributed by atoms with Crippen LogP contribution in [0.15, 0.2) is 77.9 Å². The summed E-state index contributed by atoms with van der Waals surface area (Å²) < 4.78 is 14.8. The topological polar surface area (TPSA) is 89.5 Å². The number of hydrogen-bond acceptors (Lipinski definition) is 7. The lowest BCUT2D eigenvalue weighted by Crippen LogP contribution is -2.33. The van der Waals surface area contributed by atoms with Gasteiger partial charge in [-0.3, -0.25) is 9.69 Å². The van der Waals surface area contributed by atoms with Crippen molar-refractivity contribution in [3.8, 4) is 11.5 Å². The Morgan fingerprint density at radius 3 is 2.37 bits per heavy atom. The lowest BCUT2D eigenvalue weighted by Gasteiger charge is -2.32. The van der Waals surface area contributed by atoms with E-state index >= 15 is 0 Å². The molecule has 8 nitrogen and oxygen atoms in total. The summed E-state index contributed by atoms with van der Waals surface area (Å²) in [6, 6.07) is 23.2. The first-order valence-electron chi connectivity index (χ1n) is 12.7. The maximum absolute atomic E-state index is 12.5. The molecule has 1 N–H and O–H groups in total. The minimum Gasteiger partial charge on any atom is -0.493 e. The Morgan fingerprint density at radius 2 is 1.68 bits per heavy atom. The van der Waals surface area contributed by atoms with Crippen molar-refractivity contribution in [2.75, 3.05) is 27.3 Å². The molecular formula is C30H33N3O5. The van der Waals surface area contributed by atoms with Gasteiger partial charge in [-0.05, 0) is 85.3 Å². The second kappa shape index (κ2) is 13.4. The van der Waals surface area contributed by atoms with E-state index in [9.17, 15) is 9.59 Å². The minimum atomic E-state index is -0.841. The average Bonchev–Trinajstić information content (AvgIpc) is 2.95. The van der Waals surface area contributed by atoms with Crippen molar-refractivity contribution in [2.24, 2.45) is 11.0 Å². The Morgan fingerprint density at radius 1 is 0.947 bits per heavy atom. The van der Waals surface area contributed by atoms with Crippen LogP contribution in [0, 0.1) is 5.92 Å². The van der Waals surface area contributed by atoms with E-state index in [2.05, 4.69) is 50.5 Å². The van der Waals surface area contributed by atoms with Crippen molar-refractivity contribution < 1.29 is 23.8 Å². The standard InChI is InChI=1S/C30H33N3O5/c1-36-28-19-25(10-13-27(28)38-30(35)37-2)20-31-32-29(34)26-11-8-24(9-12-26)21-33-16-14-23(15-17-33)18-22-6-4-3-5-7-22/h3-13,19-20,23H,14-18,21H2,1-2H3,(H,32,34)/b31-20-. The lowest BCUT2D eigenvalue weighted by atomic mass is 9.90. The number of likely N-dealkylation sites (tertiary alicyclic amines) is 1. The van der Waals surface area contributed by atoms with E-state index < -0.39 is 6.16 Å². The number of ether oxygens (including phenoxy) is 3. The Labute approximate surface area is 223 Å². The molecule has 0 unspecified atom stereocenters. The number of carbonyl (C=O) groups excluding carboxylic acids is 2. The molecule has 3 aromatic rings. The third kappa shape index (κ3) is 7.66. The average molecular weight is 516 g/mol. The summed E-state index contributed by atoms with van der Waals surface area (Å²) in [5.74, 6) is 0.999. The van der Waals surface area contributed by atoms with E-state index in [4.69, 9.17) is 9.47 Å². The van der Waals surface area contributed by atoms with E-state index in [1.807, 2.05) is 24.3 Å². The first-order valence-corrected chi connectivity index (χ1v) is 12.7. The Balaban J connectivity index is 1.24. The Bertz CT molecular complexity index is 1240. The maximum atomic E-state index is 12.5. The van der Waals surface area contributed by atoms with Crippen LogP contribution in [-0.4, -0.2) is 50.5 Å². The predicted octanol–water partition coefficient (Wildman–Crippen LogP) is 5.06. The number of methoxy groups -OCH3 is 2. The van der Waals surface area contributed by atoms with Crippen LogP contribution in [0.1, 0.15) is 39.9 Å². The van der Waals surface area contributed by atoms with E-state index in [-0.39, 0.29) is 11.7 Å². The van der Waals surface area contributed by atoms with Gasteiger partial charge in [-0.25, -0.2) is 10.2 Å². The van der Waals surface area contributed by atoms with Crippen LogP contribution in [0.3, 0.4) is 0 Å². The van der Waals surface area contributed by atoms with Crippen LogP contribution in [0.2, 0.25) is 0 Å². The molecular weight excluding hydrogens is 482 g/mol. The molecule has 198 valence electrons. The fraction of sp³-hybridized carbons (Fsp3) is 0.300. The molecule has 4 rings (SSSR count). The fourth-order valence-corrected chi connectivity index (χ4v) is 4.53. The SMILES string of the molecule is COC(=O)Oc1ccc(/C=N\NC(=O)c2ccc(CN3CCC(Cc4ccccc4)CC3)cc2)cc1OC. The zero-order valence-electron chi connectivity index (χ0n) is 21.8. The summed E-state index contributed by atoms with van der Waals surface area (Å²) in [5, 5.41) is 4.03. The van der Waals surface area contributed by atoms with Crippen LogP contribution in [0.5, 0.6) is 11.5 Å². The van der Waals surface area contributed by atoms with Crippen LogP contribution < -0.4 is 14.9 Å². The normalized spacial score (nSPS) is 14.3. The first-order chi connectivity index (χ1) is 18.5.